The molecule has 4 rings (SSSR count). The minimum Gasteiger partial charge on any atom is -0.302 e. The maximum Gasteiger partial charge on any atom is 0.167 e. The minimum absolute atomic E-state index is 0.158. The van der Waals surface area contributed by atoms with E-state index in [1.807, 2.05) is 42.5 Å². The summed E-state index contributed by atoms with van der Waals surface area (Å²) in [4.78, 5) is 15.0. The molecule has 1 aliphatic heterocycles. The van der Waals surface area contributed by atoms with Crippen molar-refractivity contribution in [2.45, 2.75) is 25.7 Å². The fraction of sp³-hybridized carbons (Fsp3) is 0.409. The lowest BCUT2D eigenvalue weighted by molar-refractivity contribution is 0.0814. The first-order valence-corrected chi connectivity index (χ1v) is 11.0. The third-order valence-electron chi connectivity index (χ3n) is 4.99. The third kappa shape index (κ3) is 6.90. The normalized spacial score (nSPS) is 19.9. The van der Waals surface area contributed by atoms with Crippen LogP contribution in [0.15, 0.2) is 53.0 Å². The van der Waals surface area contributed by atoms with E-state index in [0.29, 0.717) is 5.02 Å². The molecule has 27 heavy (non-hydrogen) atoms. The molecule has 1 saturated carbocycles. The molecule has 0 spiro atoms. The number of halogens is 3. The number of carbonyl (C=O) groups excluding carboxylic acids is 1. The highest BCUT2D eigenvalue weighted by Crippen LogP contribution is 2.31. The summed E-state index contributed by atoms with van der Waals surface area (Å²) in [6, 6.07) is 14.9. The summed E-state index contributed by atoms with van der Waals surface area (Å²) < 4.78 is 1.02. The molecule has 0 aromatic heterocycles. The Labute approximate surface area is 180 Å². The molecule has 2 fully saturated rings. The van der Waals surface area contributed by atoms with Gasteiger partial charge in [0.1, 0.15) is 0 Å². The standard InChI is InChI=1S/C16H20ClNO.C6H4BrCl/c17-15-5-1-3-13(9-15)16(19)14-4-2-8-18(11-14)10-12-6-7-12;7-5-2-1-3-6(8)4-5/h1,3,5,9,12,14H,2,4,6-8,10-11H2;1-4H. The Morgan fingerprint density at radius 3 is 2.33 bits per heavy atom. The molecule has 0 radical (unpaired) electrons. The first kappa shape index (κ1) is 20.9. The molecular formula is C22H24BrCl2NO. The molecule has 144 valence electrons. The van der Waals surface area contributed by atoms with E-state index < -0.39 is 0 Å². The first-order valence-electron chi connectivity index (χ1n) is 9.44. The zero-order chi connectivity index (χ0) is 19.2. The maximum absolute atomic E-state index is 12.5. The van der Waals surface area contributed by atoms with Crippen molar-refractivity contribution in [3.63, 3.8) is 0 Å². The van der Waals surface area contributed by atoms with Gasteiger partial charge in [0.15, 0.2) is 5.78 Å². The number of hydrogen-bond acceptors (Lipinski definition) is 2. The Morgan fingerprint density at radius 2 is 1.74 bits per heavy atom. The van der Waals surface area contributed by atoms with Crippen molar-refractivity contribution in [3.05, 3.63) is 68.6 Å². The predicted molar refractivity (Wildman–Crippen MR) is 117 cm³/mol. The molecule has 1 unspecified atom stereocenters. The van der Waals surface area contributed by atoms with Gasteiger partial charge in [-0.1, -0.05) is 57.3 Å². The number of Topliss-reactive ketones (excluding diaryl/α,β-unsaturated/α-hetero) is 1. The van der Waals surface area contributed by atoms with E-state index in [4.69, 9.17) is 23.2 Å². The van der Waals surface area contributed by atoms with E-state index in [0.717, 1.165) is 46.9 Å². The lowest BCUT2D eigenvalue weighted by Gasteiger charge is -2.32. The molecule has 2 aromatic carbocycles. The Balaban J connectivity index is 0.000000221. The summed E-state index contributed by atoms with van der Waals surface area (Å²) in [6.45, 7) is 3.29. The second-order valence-electron chi connectivity index (χ2n) is 7.36. The molecule has 1 saturated heterocycles. The van der Waals surface area contributed by atoms with Gasteiger partial charge in [-0.2, -0.15) is 0 Å². The van der Waals surface area contributed by atoms with Gasteiger partial charge in [-0.25, -0.2) is 0 Å². The molecule has 2 nitrogen and oxygen atoms in total. The van der Waals surface area contributed by atoms with E-state index in [-0.39, 0.29) is 11.7 Å². The Bertz CT molecular complexity index is 761. The molecule has 0 amide bonds. The van der Waals surface area contributed by atoms with Gasteiger partial charge in [0.2, 0.25) is 0 Å². The quantitative estimate of drug-likeness (QED) is 0.462. The second kappa shape index (κ2) is 10.1. The number of ketones is 1. The van der Waals surface area contributed by atoms with Gasteiger partial charge < -0.3 is 4.90 Å². The Morgan fingerprint density at radius 1 is 1.04 bits per heavy atom. The molecule has 0 N–H and O–H groups in total. The van der Waals surface area contributed by atoms with Crippen LogP contribution in [0, 0.1) is 11.8 Å². The fourth-order valence-corrected chi connectivity index (χ4v) is 4.35. The summed E-state index contributed by atoms with van der Waals surface area (Å²) >= 11 is 14.9. The Kier molecular flexibility index (Phi) is 7.77. The lowest BCUT2D eigenvalue weighted by Crippen LogP contribution is -2.39. The van der Waals surface area contributed by atoms with Gasteiger partial charge in [0.05, 0.1) is 0 Å². The van der Waals surface area contributed by atoms with Crippen LogP contribution in [0.25, 0.3) is 0 Å². The van der Waals surface area contributed by atoms with Gasteiger partial charge in [-0.3, -0.25) is 4.79 Å². The van der Waals surface area contributed by atoms with Crippen LogP contribution in [0.2, 0.25) is 10.0 Å². The van der Waals surface area contributed by atoms with Crippen molar-refractivity contribution in [1.82, 2.24) is 4.90 Å². The predicted octanol–water partition coefficient (Wildman–Crippen LogP) is 6.75. The maximum atomic E-state index is 12.5. The van der Waals surface area contributed by atoms with E-state index in [9.17, 15) is 4.79 Å². The van der Waals surface area contributed by atoms with Crippen LogP contribution in [0.4, 0.5) is 0 Å². The highest BCUT2D eigenvalue weighted by molar-refractivity contribution is 9.10. The summed E-state index contributed by atoms with van der Waals surface area (Å²) in [5.41, 5.74) is 0.769. The van der Waals surface area contributed by atoms with E-state index in [1.54, 1.807) is 6.07 Å². The Hall–Kier alpha value is -0.870. The van der Waals surface area contributed by atoms with Gasteiger partial charge in [0.25, 0.3) is 0 Å². The van der Waals surface area contributed by atoms with Crippen molar-refractivity contribution in [1.29, 1.82) is 0 Å². The van der Waals surface area contributed by atoms with Crippen molar-refractivity contribution in [2.75, 3.05) is 19.6 Å². The molecule has 2 aromatic rings. The number of rotatable bonds is 4. The van der Waals surface area contributed by atoms with Gasteiger partial charge in [0, 0.05) is 39.1 Å². The number of likely N-dealkylation sites (tertiary alicyclic amines) is 1. The van der Waals surface area contributed by atoms with Crippen LogP contribution in [0.3, 0.4) is 0 Å². The molecule has 2 aliphatic rings. The summed E-state index contributed by atoms with van der Waals surface area (Å²) in [5, 5.41) is 1.41. The minimum atomic E-state index is 0.158. The average Bonchev–Trinajstić information content (AvgIpc) is 3.46. The smallest absolute Gasteiger partial charge is 0.167 e. The SMILES string of the molecule is Clc1cccc(Br)c1.O=C(c1cccc(Cl)c1)C1CCCN(CC2CC2)C1. The van der Waals surface area contributed by atoms with Crippen molar-refractivity contribution in [2.24, 2.45) is 11.8 Å². The van der Waals surface area contributed by atoms with E-state index in [1.165, 1.54) is 19.4 Å². The van der Waals surface area contributed by atoms with Crippen LogP contribution in [0.5, 0.6) is 0 Å². The van der Waals surface area contributed by atoms with Gasteiger partial charge >= 0.3 is 0 Å². The topological polar surface area (TPSA) is 20.3 Å². The number of benzene rings is 2. The van der Waals surface area contributed by atoms with Crippen LogP contribution in [-0.2, 0) is 0 Å². The van der Waals surface area contributed by atoms with E-state index in [2.05, 4.69) is 20.8 Å². The number of piperidine rings is 1. The van der Waals surface area contributed by atoms with Crippen LogP contribution >= 0.6 is 39.1 Å². The van der Waals surface area contributed by atoms with Gasteiger partial charge in [-0.05, 0) is 68.5 Å². The van der Waals surface area contributed by atoms with Gasteiger partial charge in [-0.15, -0.1) is 0 Å². The van der Waals surface area contributed by atoms with Crippen LogP contribution < -0.4 is 0 Å². The van der Waals surface area contributed by atoms with Crippen molar-refractivity contribution < 1.29 is 4.79 Å². The lowest BCUT2D eigenvalue weighted by atomic mass is 9.90. The zero-order valence-electron chi connectivity index (χ0n) is 15.2. The summed E-state index contributed by atoms with van der Waals surface area (Å²) in [5.74, 6) is 1.33. The zero-order valence-corrected chi connectivity index (χ0v) is 18.3. The van der Waals surface area contributed by atoms with E-state index >= 15 is 0 Å². The van der Waals surface area contributed by atoms with Crippen LogP contribution in [0.1, 0.15) is 36.0 Å². The molecule has 1 heterocycles. The summed E-state index contributed by atoms with van der Waals surface area (Å²) in [7, 11) is 0. The first-order chi connectivity index (χ1) is 13.0. The highest BCUT2D eigenvalue weighted by atomic mass is 79.9. The van der Waals surface area contributed by atoms with Crippen molar-refractivity contribution in [3.8, 4) is 0 Å². The largest absolute Gasteiger partial charge is 0.302 e. The molecular weight excluding hydrogens is 445 g/mol. The number of nitrogens with zero attached hydrogens (tertiary/aromatic N) is 1. The van der Waals surface area contributed by atoms with Crippen LogP contribution in [-0.4, -0.2) is 30.3 Å². The monoisotopic (exact) mass is 467 g/mol. The molecule has 5 heteroatoms. The average molecular weight is 469 g/mol. The second-order valence-corrected chi connectivity index (χ2v) is 9.15. The molecule has 1 atom stereocenters. The summed E-state index contributed by atoms with van der Waals surface area (Å²) in [6.07, 6.45) is 4.92. The number of hydrogen-bond donors (Lipinski definition) is 0. The highest BCUT2D eigenvalue weighted by Gasteiger charge is 2.30. The fourth-order valence-electron chi connectivity index (χ4n) is 3.44. The molecule has 1 aliphatic carbocycles. The number of carbonyl (C=O) groups is 1. The third-order valence-corrected chi connectivity index (χ3v) is 5.95. The molecule has 0 bridgehead atoms. The van der Waals surface area contributed by atoms with Crippen molar-refractivity contribution >= 4 is 44.9 Å².